The minimum absolute atomic E-state index is 0. The van der Waals surface area contributed by atoms with Gasteiger partial charge in [-0.05, 0) is 12.7 Å². The molecule has 0 radical (unpaired) electrons. The van der Waals surface area contributed by atoms with E-state index in [0.717, 1.165) is 17.8 Å². The van der Waals surface area contributed by atoms with Crippen molar-refractivity contribution in [2.75, 3.05) is 12.9 Å². The van der Waals surface area contributed by atoms with Gasteiger partial charge in [0.05, 0.1) is 6.61 Å². The van der Waals surface area contributed by atoms with Crippen molar-refractivity contribution in [3.05, 3.63) is 0 Å². The van der Waals surface area contributed by atoms with Crippen LogP contribution in [0.4, 0.5) is 0 Å². The standard InChI is InChI=1S/C4H11O2PS2.K/c1-3-4-6-7(5,8)9-2;/h3-4H2,1-2H3,(H,5,8);/q;+1/p-1. The summed E-state index contributed by atoms with van der Waals surface area (Å²) in [6.45, 7) is 2.46. The molecule has 0 saturated heterocycles. The summed E-state index contributed by atoms with van der Waals surface area (Å²) in [5, 5.41) is 0. The maximum absolute atomic E-state index is 10.9. The second-order valence-corrected chi connectivity index (χ2v) is 7.65. The Morgan fingerprint density at radius 1 is 1.70 bits per heavy atom. The number of rotatable bonds is 4. The molecule has 0 aliphatic heterocycles. The molecule has 1 unspecified atom stereocenters. The number of hydrogen-bond donors (Lipinski definition) is 0. The van der Waals surface area contributed by atoms with Gasteiger partial charge in [0.25, 0.3) is 0 Å². The van der Waals surface area contributed by atoms with Crippen LogP contribution < -0.4 is 56.3 Å². The minimum atomic E-state index is -2.69. The van der Waals surface area contributed by atoms with Crippen LogP contribution in [0.3, 0.4) is 0 Å². The molecule has 0 fully saturated rings. The van der Waals surface area contributed by atoms with Crippen molar-refractivity contribution >= 4 is 28.9 Å². The first kappa shape index (κ1) is 15.0. The maximum Gasteiger partial charge on any atom is 1.00 e. The van der Waals surface area contributed by atoms with E-state index in [9.17, 15) is 4.89 Å². The third-order valence-corrected chi connectivity index (χ3v) is 4.94. The van der Waals surface area contributed by atoms with E-state index in [1.54, 1.807) is 6.26 Å². The van der Waals surface area contributed by atoms with E-state index in [-0.39, 0.29) is 51.4 Å². The van der Waals surface area contributed by atoms with E-state index in [1.165, 1.54) is 0 Å². The Morgan fingerprint density at radius 2 is 2.20 bits per heavy atom. The Labute approximate surface area is 114 Å². The molecule has 0 spiro atoms. The zero-order valence-electron chi connectivity index (χ0n) is 6.49. The summed E-state index contributed by atoms with van der Waals surface area (Å²) < 4.78 is 4.86. The summed E-state index contributed by atoms with van der Waals surface area (Å²) in [6, 6.07) is 0. The second kappa shape index (κ2) is 8.17. The van der Waals surface area contributed by atoms with Crippen molar-refractivity contribution in [3.8, 4) is 0 Å². The summed E-state index contributed by atoms with van der Waals surface area (Å²) in [6.07, 6.45) is 2.56. The van der Waals surface area contributed by atoms with Crippen LogP contribution in [0.2, 0.25) is 0 Å². The van der Waals surface area contributed by atoms with E-state index < -0.39 is 5.69 Å². The van der Waals surface area contributed by atoms with Crippen LogP contribution in [-0.4, -0.2) is 12.9 Å². The molecule has 1 atom stereocenters. The monoisotopic (exact) mass is 224 g/mol. The van der Waals surface area contributed by atoms with E-state index in [1.807, 2.05) is 6.92 Å². The van der Waals surface area contributed by atoms with Gasteiger partial charge in [0, 0.05) is 5.69 Å². The van der Waals surface area contributed by atoms with Crippen molar-refractivity contribution in [3.63, 3.8) is 0 Å². The van der Waals surface area contributed by atoms with Crippen LogP contribution in [0.1, 0.15) is 13.3 Å². The Kier molecular flexibility index (Phi) is 12.3. The van der Waals surface area contributed by atoms with E-state index in [0.29, 0.717) is 6.61 Å². The van der Waals surface area contributed by atoms with Crippen LogP contribution in [-0.2, 0) is 16.3 Å². The molecule has 6 heteroatoms. The fourth-order valence-corrected chi connectivity index (χ4v) is 1.53. The molecule has 10 heavy (non-hydrogen) atoms. The molecule has 0 heterocycles. The fraction of sp³-hybridized carbons (Fsp3) is 1.00. The smallest absolute Gasteiger partial charge is 0.793 e. The number of hydrogen-bond acceptors (Lipinski definition) is 4. The Morgan fingerprint density at radius 3 is 2.50 bits per heavy atom. The predicted molar refractivity (Wildman–Crippen MR) is 44.0 cm³/mol. The average molecular weight is 224 g/mol. The van der Waals surface area contributed by atoms with Gasteiger partial charge in [-0.2, -0.15) is 0 Å². The minimum Gasteiger partial charge on any atom is -0.793 e. The van der Waals surface area contributed by atoms with Crippen LogP contribution in [0, 0.1) is 0 Å². The molecular weight excluding hydrogens is 214 g/mol. The molecule has 0 bridgehead atoms. The summed E-state index contributed by atoms with van der Waals surface area (Å²) in [5.41, 5.74) is -2.69. The van der Waals surface area contributed by atoms with Gasteiger partial charge < -0.3 is 9.42 Å². The largest absolute Gasteiger partial charge is 1.00 e. The van der Waals surface area contributed by atoms with Gasteiger partial charge in [0.15, 0.2) is 0 Å². The zero-order chi connectivity index (χ0) is 7.33. The Bertz CT molecular complexity index is 122. The molecule has 0 aromatic rings. The van der Waals surface area contributed by atoms with E-state index in [2.05, 4.69) is 11.8 Å². The maximum atomic E-state index is 10.9. The molecule has 0 aliphatic rings. The molecule has 56 valence electrons. The summed E-state index contributed by atoms with van der Waals surface area (Å²) in [7, 11) is 0. The third kappa shape index (κ3) is 8.65. The summed E-state index contributed by atoms with van der Waals surface area (Å²) >= 11 is 5.72. The van der Waals surface area contributed by atoms with Gasteiger partial charge in [-0.1, -0.05) is 18.7 Å². The van der Waals surface area contributed by atoms with Crippen molar-refractivity contribution in [2.45, 2.75) is 13.3 Å². The second-order valence-electron chi connectivity index (χ2n) is 1.46. The predicted octanol–water partition coefficient (Wildman–Crippen LogP) is -1.64. The molecule has 0 aromatic carbocycles. The third-order valence-electron chi connectivity index (χ3n) is 0.677. The van der Waals surface area contributed by atoms with E-state index in [4.69, 9.17) is 4.52 Å². The normalized spacial score (nSPS) is 15.5. The molecule has 2 nitrogen and oxygen atoms in total. The summed E-state index contributed by atoms with van der Waals surface area (Å²) in [5.74, 6) is 0. The first-order valence-corrected chi connectivity index (χ1v) is 7.10. The van der Waals surface area contributed by atoms with Gasteiger partial charge in [-0.3, -0.25) is 0 Å². The molecule has 0 aliphatic carbocycles. The molecule has 0 aromatic heterocycles. The van der Waals surface area contributed by atoms with Crippen LogP contribution in [0.5, 0.6) is 0 Å². The molecule has 0 saturated carbocycles. The summed E-state index contributed by atoms with van der Waals surface area (Å²) in [4.78, 5) is 10.9. The van der Waals surface area contributed by atoms with Gasteiger partial charge >= 0.3 is 51.4 Å². The topological polar surface area (TPSA) is 32.3 Å². The van der Waals surface area contributed by atoms with Crippen molar-refractivity contribution in [1.29, 1.82) is 0 Å². The van der Waals surface area contributed by atoms with Crippen LogP contribution in [0.15, 0.2) is 0 Å². The van der Waals surface area contributed by atoms with Gasteiger partial charge in [-0.15, -0.1) is 11.4 Å². The van der Waals surface area contributed by atoms with Crippen molar-refractivity contribution in [1.82, 2.24) is 0 Å². The van der Waals surface area contributed by atoms with E-state index >= 15 is 0 Å². The quantitative estimate of drug-likeness (QED) is 0.424. The Hall–Kier alpha value is 2.56. The molecular formula is C4H10KO2PS2. The van der Waals surface area contributed by atoms with Crippen molar-refractivity contribution < 1.29 is 60.8 Å². The van der Waals surface area contributed by atoms with Gasteiger partial charge in [-0.25, -0.2) is 0 Å². The van der Waals surface area contributed by atoms with Crippen molar-refractivity contribution in [2.24, 2.45) is 0 Å². The van der Waals surface area contributed by atoms with Gasteiger partial charge in [0.2, 0.25) is 0 Å². The SMILES string of the molecule is CCCOP([O-])(=S)SC.[K+]. The first-order chi connectivity index (χ1) is 4.12. The zero-order valence-corrected chi connectivity index (χ0v) is 12.1. The van der Waals surface area contributed by atoms with Gasteiger partial charge in [0.1, 0.15) is 0 Å². The molecule has 0 amide bonds. The fourth-order valence-electron chi connectivity index (χ4n) is 0.256. The first-order valence-electron chi connectivity index (χ1n) is 2.63. The van der Waals surface area contributed by atoms with Crippen LogP contribution in [0.25, 0.3) is 0 Å². The molecule has 0 N–H and O–H groups in total. The Balaban J connectivity index is 0. The molecule has 0 rings (SSSR count). The average Bonchev–Trinajstić information content (AvgIpc) is 1.84. The van der Waals surface area contributed by atoms with Crippen LogP contribution >= 0.6 is 17.1 Å².